The molecule has 0 saturated carbocycles. The van der Waals surface area contributed by atoms with E-state index in [1.54, 1.807) is 0 Å². The maximum Gasteiger partial charge on any atom is 0.121 e. The average molecular weight is 253 g/mol. The lowest BCUT2D eigenvalue weighted by Crippen LogP contribution is -2.05. The van der Waals surface area contributed by atoms with Crippen molar-refractivity contribution in [2.75, 3.05) is 18.5 Å². The zero-order valence-corrected chi connectivity index (χ0v) is 11.3. The molecule has 94 valence electrons. The first-order valence-electron chi connectivity index (χ1n) is 6.13. The van der Waals surface area contributed by atoms with Crippen molar-refractivity contribution >= 4 is 17.4 Å². The molecule has 2 aliphatic rings. The lowest BCUT2D eigenvalue weighted by Gasteiger charge is -2.06. The summed E-state index contributed by atoms with van der Waals surface area (Å²) in [7, 11) is 0. The van der Waals surface area contributed by atoms with E-state index in [-0.39, 0.29) is 0 Å². The Morgan fingerprint density at radius 3 is 2.94 bits per heavy atom. The van der Waals surface area contributed by atoms with Gasteiger partial charge >= 0.3 is 0 Å². The summed E-state index contributed by atoms with van der Waals surface area (Å²) < 4.78 is 10.7. The van der Waals surface area contributed by atoms with Crippen LogP contribution >= 0.6 is 11.8 Å². The van der Waals surface area contributed by atoms with Crippen LogP contribution in [0.2, 0.25) is 0 Å². The third-order valence-electron chi connectivity index (χ3n) is 2.45. The fourth-order valence-corrected chi connectivity index (χ4v) is 2.56. The van der Waals surface area contributed by atoms with Crippen molar-refractivity contribution in [1.82, 2.24) is 0 Å². The third kappa shape index (κ3) is 3.30. The SMILES string of the molecule is CC.CC1Nc2cc(OC[C@H]3CO3)ccc2S1. The number of rotatable bonds is 3. The Morgan fingerprint density at radius 1 is 1.47 bits per heavy atom. The molecule has 3 rings (SSSR count). The molecule has 2 atom stereocenters. The Hall–Kier alpha value is -0.870. The summed E-state index contributed by atoms with van der Waals surface area (Å²) in [6.45, 7) is 7.67. The summed E-state index contributed by atoms with van der Waals surface area (Å²) in [5.74, 6) is 0.923. The lowest BCUT2D eigenvalue weighted by molar-refractivity contribution is 0.263. The van der Waals surface area contributed by atoms with Gasteiger partial charge in [0.05, 0.1) is 17.7 Å². The molecule has 1 unspecified atom stereocenters. The maximum absolute atomic E-state index is 5.62. The topological polar surface area (TPSA) is 33.8 Å². The molecule has 1 N–H and O–H groups in total. The molecule has 0 radical (unpaired) electrons. The molecule has 0 aromatic heterocycles. The smallest absolute Gasteiger partial charge is 0.121 e. The van der Waals surface area contributed by atoms with E-state index in [9.17, 15) is 0 Å². The normalized spacial score (nSPS) is 24.2. The van der Waals surface area contributed by atoms with E-state index in [2.05, 4.69) is 24.4 Å². The average Bonchev–Trinajstić information content (AvgIpc) is 3.10. The monoisotopic (exact) mass is 253 g/mol. The van der Waals surface area contributed by atoms with Crippen LogP contribution in [0, 0.1) is 0 Å². The molecule has 0 amide bonds. The molecule has 17 heavy (non-hydrogen) atoms. The van der Waals surface area contributed by atoms with Crippen LogP contribution in [0.25, 0.3) is 0 Å². The fourth-order valence-electron chi connectivity index (χ4n) is 1.61. The third-order valence-corrected chi connectivity index (χ3v) is 3.53. The van der Waals surface area contributed by atoms with Gasteiger partial charge in [-0.1, -0.05) is 25.6 Å². The van der Waals surface area contributed by atoms with Crippen LogP contribution in [0.15, 0.2) is 23.1 Å². The first-order chi connectivity index (χ1) is 8.31. The van der Waals surface area contributed by atoms with Crippen molar-refractivity contribution in [2.45, 2.75) is 37.1 Å². The van der Waals surface area contributed by atoms with Crippen LogP contribution in [0.3, 0.4) is 0 Å². The van der Waals surface area contributed by atoms with Crippen LogP contribution in [-0.2, 0) is 4.74 Å². The van der Waals surface area contributed by atoms with E-state index < -0.39 is 0 Å². The Labute approximate surface area is 107 Å². The van der Waals surface area contributed by atoms with Gasteiger partial charge in [-0.15, -0.1) is 0 Å². The van der Waals surface area contributed by atoms with Crippen LogP contribution < -0.4 is 10.1 Å². The van der Waals surface area contributed by atoms with Crippen molar-refractivity contribution in [3.63, 3.8) is 0 Å². The minimum Gasteiger partial charge on any atom is -0.491 e. The van der Waals surface area contributed by atoms with E-state index >= 15 is 0 Å². The van der Waals surface area contributed by atoms with Crippen molar-refractivity contribution in [2.24, 2.45) is 0 Å². The second kappa shape index (κ2) is 5.65. The Morgan fingerprint density at radius 2 is 2.24 bits per heavy atom. The summed E-state index contributed by atoms with van der Waals surface area (Å²) in [5, 5.41) is 3.85. The van der Waals surface area contributed by atoms with Gasteiger partial charge in [-0.2, -0.15) is 0 Å². The minimum absolute atomic E-state index is 0.319. The summed E-state index contributed by atoms with van der Waals surface area (Å²) in [6, 6.07) is 6.20. The van der Waals surface area contributed by atoms with Gasteiger partial charge in [-0.3, -0.25) is 0 Å². The Balaban J connectivity index is 0.000000514. The largest absolute Gasteiger partial charge is 0.491 e. The molecule has 1 saturated heterocycles. The standard InChI is InChI=1S/C11H13NO2S.C2H6/c1-7-12-10-4-8(2-3-11(10)15-7)13-5-9-6-14-9;1-2/h2-4,7,9,12H,5-6H2,1H3;1-2H3/t7?,9-;/m0./s1. The summed E-state index contributed by atoms with van der Waals surface area (Å²) >= 11 is 1.85. The summed E-state index contributed by atoms with van der Waals surface area (Å²) in [6.07, 6.45) is 0.319. The fraction of sp³-hybridized carbons (Fsp3) is 0.538. The van der Waals surface area contributed by atoms with Crippen LogP contribution in [0.1, 0.15) is 20.8 Å². The van der Waals surface area contributed by atoms with Gasteiger partial charge in [0.15, 0.2) is 0 Å². The molecule has 4 heteroatoms. The lowest BCUT2D eigenvalue weighted by atomic mass is 10.3. The number of benzene rings is 1. The van der Waals surface area contributed by atoms with Gasteiger partial charge in [0, 0.05) is 11.0 Å². The minimum atomic E-state index is 0.319. The number of hydrogen-bond acceptors (Lipinski definition) is 4. The predicted molar refractivity (Wildman–Crippen MR) is 72.0 cm³/mol. The number of hydrogen-bond donors (Lipinski definition) is 1. The van der Waals surface area contributed by atoms with Crippen LogP contribution in [0.5, 0.6) is 5.75 Å². The predicted octanol–water partition coefficient (Wildman–Crippen LogP) is 3.35. The van der Waals surface area contributed by atoms with Crippen molar-refractivity contribution in [3.8, 4) is 5.75 Å². The molecular formula is C13H19NO2S. The molecule has 1 fully saturated rings. The molecular weight excluding hydrogens is 234 g/mol. The molecule has 2 heterocycles. The molecule has 3 nitrogen and oxygen atoms in total. The second-order valence-electron chi connectivity index (χ2n) is 3.83. The first kappa shape index (κ1) is 12.6. The number of nitrogens with one attached hydrogen (secondary N) is 1. The zero-order chi connectivity index (χ0) is 12.3. The molecule has 2 aliphatic heterocycles. The maximum atomic E-state index is 5.62. The first-order valence-corrected chi connectivity index (χ1v) is 7.01. The summed E-state index contributed by atoms with van der Waals surface area (Å²) in [4.78, 5) is 1.30. The molecule has 1 aromatic carbocycles. The highest BCUT2D eigenvalue weighted by Crippen LogP contribution is 2.39. The van der Waals surface area contributed by atoms with Gasteiger partial charge < -0.3 is 14.8 Å². The van der Waals surface area contributed by atoms with Crippen LogP contribution in [-0.4, -0.2) is 24.7 Å². The van der Waals surface area contributed by atoms with E-state index in [0.29, 0.717) is 18.1 Å². The van der Waals surface area contributed by atoms with E-state index in [4.69, 9.17) is 9.47 Å². The van der Waals surface area contributed by atoms with Crippen LogP contribution in [0.4, 0.5) is 5.69 Å². The van der Waals surface area contributed by atoms with Crippen molar-refractivity contribution in [3.05, 3.63) is 18.2 Å². The van der Waals surface area contributed by atoms with Gasteiger partial charge in [-0.25, -0.2) is 0 Å². The van der Waals surface area contributed by atoms with Gasteiger partial charge in [0.1, 0.15) is 18.5 Å². The number of ether oxygens (including phenoxy) is 2. The highest BCUT2D eigenvalue weighted by atomic mass is 32.2. The quantitative estimate of drug-likeness (QED) is 0.838. The second-order valence-corrected chi connectivity index (χ2v) is 5.21. The number of fused-ring (bicyclic) bond motifs is 1. The molecule has 1 aromatic rings. The molecule has 0 spiro atoms. The highest BCUT2D eigenvalue weighted by Gasteiger charge is 2.23. The number of epoxide rings is 1. The van der Waals surface area contributed by atoms with Crippen molar-refractivity contribution in [1.29, 1.82) is 0 Å². The zero-order valence-electron chi connectivity index (χ0n) is 10.5. The highest BCUT2D eigenvalue weighted by molar-refractivity contribution is 8.00. The molecule has 0 aliphatic carbocycles. The van der Waals surface area contributed by atoms with Crippen molar-refractivity contribution < 1.29 is 9.47 Å². The van der Waals surface area contributed by atoms with Gasteiger partial charge in [0.2, 0.25) is 0 Å². The van der Waals surface area contributed by atoms with Gasteiger partial charge in [0.25, 0.3) is 0 Å². The van der Waals surface area contributed by atoms with E-state index in [1.165, 1.54) is 10.6 Å². The molecule has 0 bridgehead atoms. The summed E-state index contributed by atoms with van der Waals surface area (Å²) in [5.41, 5.74) is 1.18. The Kier molecular flexibility index (Phi) is 4.18. The number of anilines is 1. The van der Waals surface area contributed by atoms with E-state index in [1.807, 2.05) is 31.7 Å². The number of thioether (sulfide) groups is 1. The van der Waals surface area contributed by atoms with Gasteiger partial charge in [-0.05, 0) is 19.1 Å². The Bertz CT molecular complexity index is 380. The van der Waals surface area contributed by atoms with E-state index in [0.717, 1.165) is 12.4 Å².